The van der Waals surface area contributed by atoms with Crippen molar-refractivity contribution in [3.8, 4) is 0 Å². The average Bonchev–Trinajstić information content (AvgIpc) is 2.15. The summed E-state index contributed by atoms with van der Waals surface area (Å²) in [5.41, 5.74) is 0. The van der Waals surface area contributed by atoms with Gasteiger partial charge in [0.05, 0.1) is 11.3 Å². The summed E-state index contributed by atoms with van der Waals surface area (Å²) in [6.07, 6.45) is 0. The minimum absolute atomic E-state index is 0.118. The lowest BCUT2D eigenvalue weighted by Gasteiger charge is -1.80. The van der Waals surface area contributed by atoms with Crippen LogP contribution < -0.4 is 0 Å². The van der Waals surface area contributed by atoms with Gasteiger partial charge < -0.3 is 5.11 Å². The minimum atomic E-state index is -0.766. The molecule has 3 atom stereocenters. The van der Waals surface area contributed by atoms with Gasteiger partial charge in [-0.1, -0.05) is 6.92 Å². The summed E-state index contributed by atoms with van der Waals surface area (Å²) in [4.78, 5) is 10.1. The van der Waals surface area contributed by atoms with Gasteiger partial charge in [0.2, 0.25) is 0 Å². The minimum Gasteiger partial charge on any atom is -0.481 e. The summed E-state index contributed by atoms with van der Waals surface area (Å²) in [6.45, 7) is 1.84. The van der Waals surface area contributed by atoms with E-state index in [2.05, 4.69) is 0 Å². The van der Waals surface area contributed by atoms with Crippen LogP contribution in [0.1, 0.15) is 6.92 Å². The number of carbonyl (C=O) groups is 1. The van der Waals surface area contributed by atoms with Crippen LogP contribution in [0, 0.1) is 11.8 Å². The van der Waals surface area contributed by atoms with Crippen molar-refractivity contribution in [2.75, 3.05) is 0 Å². The molecule has 8 heavy (non-hydrogen) atoms. The van der Waals surface area contributed by atoms with Crippen LogP contribution in [0.3, 0.4) is 0 Å². The highest BCUT2D eigenvalue weighted by Gasteiger charge is 2.50. The van der Waals surface area contributed by atoms with Crippen LogP contribution in [0.25, 0.3) is 0 Å². The Kier molecular flexibility index (Phi) is 1.19. The summed E-state index contributed by atoms with van der Waals surface area (Å²) < 4.78 is 0. The maximum atomic E-state index is 10.1. The van der Waals surface area contributed by atoms with E-state index in [1.165, 1.54) is 0 Å². The van der Waals surface area contributed by atoms with E-state index in [9.17, 15) is 4.79 Å². The maximum absolute atomic E-state index is 10.1. The van der Waals surface area contributed by atoms with E-state index in [1.807, 2.05) is 6.92 Å². The Balaban J connectivity index is 2.44. The SMILES string of the molecule is C[C@@H]1[C@H](Cl)[C@@H]1C(=O)O. The third-order valence-electron chi connectivity index (χ3n) is 1.56. The van der Waals surface area contributed by atoms with E-state index in [1.54, 1.807) is 0 Å². The van der Waals surface area contributed by atoms with Crippen molar-refractivity contribution in [1.82, 2.24) is 0 Å². The molecule has 0 aromatic heterocycles. The van der Waals surface area contributed by atoms with Crippen molar-refractivity contribution in [1.29, 1.82) is 0 Å². The zero-order valence-corrected chi connectivity index (χ0v) is 5.22. The predicted molar refractivity (Wildman–Crippen MR) is 29.9 cm³/mol. The first-order valence-corrected chi connectivity index (χ1v) is 2.95. The second-order valence-corrected chi connectivity index (χ2v) is 2.67. The molecule has 0 radical (unpaired) electrons. The summed E-state index contributed by atoms with van der Waals surface area (Å²) in [6, 6.07) is 0. The molecular formula is C5H7ClO2. The van der Waals surface area contributed by atoms with Crippen molar-refractivity contribution in [3.05, 3.63) is 0 Å². The molecule has 0 spiro atoms. The van der Waals surface area contributed by atoms with Crippen LogP contribution in [0.15, 0.2) is 0 Å². The van der Waals surface area contributed by atoms with Crippen LogP contribution in [-0.2, 0) is 4.79 Å². The van der Waals surface area contributed by atoms with Crippen molar-refractivity contribution in [2.45, 2.75) is 12.3 Å². The fourth-order valence-corrected chi connectivity index (χ4v) is 1.19. The molecule has 1 rings (SSSR count). The van der Waals surface area contributed by atoms with Crippen LogP contribution in [0.5, 0.6) is 0 Å². The molecule has 0 unspecified atom stereocenters. The third kappa shape index (κ3) is 0.689. The van der Waals surface area contributed by atoms with Crippen molar-refractivity contribution >= 4 is 17.6 Å². The number of hydrogen-bond acceptors (Lipinski definition) is 1. The summed E-state index contributed by atoms with van der Waals surface area (Å²) in [7, 11) is 0. The Hall–Kier alpha value is -0.240. The third-order valence-corrected chi connectivity index (χ3v) is 2.23. The average molecular weight is 135 g/mol. The Morgan fingerprint density at radius 3 is 2.12 bits per heavy atom. The quantitative estimate of drug-likeness (QED) is 0.542. The van der Waals surface area contributed by atoms with E-state index in [4.69, 9.17) is 16.7 Å². The van der Waals surface area contributed by atoms with E-state index < -0.39 is 5.97 Å². The smallest absolute Gasteiger partial charge is 0.308 e. The van der Waals surface area contributed by atoms with Gasteiger partial charge in [0, 0.05) is 0 Å². The first-order chi connectivity index (χ1) is 3.64. The lowest BCUT2D eigenvalue weighted by Crippen LogP contribution is -1.99. The molecule has 0 aromatic rings. The summed E-state index contributed by atoms with van der Waals surface area (Å²) in [5, 5.41) is 8.19. The number of alkyl halides is 1. The van der Waals surface area contributed by atoms with E-state index in [0.29, 0.717) is 0 Å². The fraction of sp³-hybridized carbons (Fsp3) is 0.800. The predicted octanol–water partition coefficient (Wildman–Crippen LogP) is 0.944. The fourth-order valence-electron chi connectivity index (χ4n) is 0.775. The first kappa shape index (κ1) is 5.89. The molecule has 0 saturated heterocycles. The number of halogens is 1. The normalized spacial score (nSPS) is 44.0. The lowest BCUT2D eigenvalue weighted by molar-refractivity contribution is -0.138. The van der Waals surface area contributed by atoms with Gasteiger partial charge in [0.25, 0.3) is 0 Å². The van der Waals surface area contributed by atoms with Gasteiger partial charge in [0.15, 0.2) is 0 Å². The molecule has 0 aromatic carbocycles. The zero-order chi connectivity index (χ0) is 6.31. The van der Waals surface area contributed by atoms with Crippen molar-refractivity contribution in [3.63, 3.8) is 0 Å². The molecule has 0 bridgehead atoms. The molecular weight excluding hydrogens is 128 g/mol. The number of aliphatic carboxylic acids is 1. The molecule has 1 fully saturated rings. The van der Waals surface area contributed by atoms with Gasteiger partial charge >= 0.3 is 5.97 Å². The van der Waals surface area contributed by atoms with Crippen LogP contribution >= 0.6 is 11.6 Å². The van der Waals surface area contributed by atoms with Crippen LogP contribution in [-0.4, -0.2) is 16.5 Å². The molecule has 0 heterocycles. The van der Waals surface area contributed by atoms with Gasteiger partial charge in [-0.2, -0.15) is 0 Å². The molecule has 0 amide bonds. The summed E-state index contributed by atoms with van der Waals surface area (Å²) in [5.74, 6) is -0.872. The second kappa shape index (κ2) is 1.62. The van der Waals surface area contributed by atoms with Gasteiger partial charge in [0.1, 0.15) is 0 Å². The number of rotatable bonds is 1. The topological polar surface area (TPSA) is 37.3 Å². The Bertz CT molecular complexity index is 116. The molecule has 0 aliphatic heterocycles. The van der Waals surface area contributed by atoms with E-state index >= 15 is 0 Å². The Labute approximate surface area is 52.5 Å². The van der Waals surface area contributed by atoms with E-state index in [0.717, 1.165) is 0 Å². The number of carboxylic acid groups (broad SMARTS) is 1. The molecule has 1 saturated carbocycles. The van der Waals surface area contributed by atoms with E-state index in [-0.39, 0.29) is 17.2 Å². The molecule has 1 aliphatic carbocycles. The van der Waals surface area contributed by atoms with Gasteiger partial charge in [-0.25, -0.2) is 0 Å². The van der Waals surface area contributed by atoms with Crippen molar-refractivity contribution in [2.24, 2.45) is 11.8 Å². The van der Waals surface area contributed by atoms with Crippen LogP contribution in [0.2, 0.25) is 0 Å². The Morgan fingerprint density at radius 2 is 2.12 bits per heavy atom. The largest absolute Gasteiger partial charge is 0.481 e. The number of hydrogen-bond donors (Lipinski definition) is 1. The molecule has 1 N–H and O–H groups in total. The van der Waals surface area contributed by atoms with Gasteiger partial charge in [-0.05, 0) is 5.92 Å². The standard InChI is InChI=1S/C5H7ClO2/c1-2-3(4(2)6)5(7)8/h2-4H,1H3,(H,7,8)/t2-,3+,4-/m0/s1. The summed E-state index contributed by atoms with van der Waals surface area (Å²) >= 11 is 5.52. The first-order valence-electron chi connectivity index (χ1n) is 2.51. The van der Waals surface area contributed by atoms with Gasteiger partial charge in [-0.3, -0.25) is 4.79 Å². The molecule has 46 valence electrons. The Morgan fingerprint density at radius 1 is 1.75 bits per heavy atom. The molecule has 2 nitrogen and oxygen atoms in total. The monoisotopic (exact) mass is 134 g/mol. The zero-order valence-electron chi connectivity index (χ0n) is 4.47. The van der Waals surface area contributed by atoms with Crippen LogP contribution in [0.4, 0.5) is 0 Å². The second-order valence-electron chi connectivity index (χ2n) is 2.17. The highest BCUT2D eigenvalue weighted by molar-refractivity contribution is 6.24. The lowest BCUT2D eigenvalue weighted by atomic mass is 10.3. The highest BCUT2D eigenvalue weighted by atomic mass is 35.5. The highest BCUT2D eigenvalue weighted by Crippen LogP contribution is 2.43. The number of carboxylic acids is 1. The molecule has 1 aliphatic rings. The van der Waals surface area contributed by atoms with Crippen molar-refractivity contribution < 1.29 is 9.90 Å². The maximum Gasteiger partial charge on any atom is 0.308 e. The van der Waals surface area contributed by atoms with Gasteiger partial charge in [-0.15, -0.1) is 11.6 Å². The molecule has 3 heteroatoms.